The molecule has 1 heterocycles. The van der Waals surface area contributed by atoms with Crippen LogP contribution >= 0.6 is 11.3 Å². The van der Waals surface area contributed by atoms with Crippen molar-refractivity contribution in [3.63, 3.8) is 0 Å². The quantitative estimate of drug-likeness (QED) is 0.806. The first-order chi connectivity index (χ1) is 11.6. The van der Waals surface area contributed by atoms with E-state index in [1.807, 2.05) is 0 Å². The van der Waals surface area contributed by atoms with Gasteiger partial charge < -0.3 is 11.1 Å². The number of fused-ring (bicyclic) bond motifs is 1. The summed E-state index contributed by atoms with van der Waals surface area (Å²) in [5.74, 6) is 1.000. The van der Waals surface area contributed by atoms with E-state index in [1.165, 1.54) is 30.6 Å². The minimum Gasteiger partial charge on any atom is -0.365 e. The summed E-state index contributed by atoms with van der Waals surface area (Å²) in [6.45, 7) is 2.21. The second kappa shape index (κ2) is 7.68. The first-order valence-electron chi connectivity index (χ1n) is 9.32. The summed E-state index contributed by atoms with van der Waals surface area (Å²) in [5, 5.41) is 3.67. The van der Waals surface area contributed by atoms with Crippen LogP contribution in [0.25, 0.3) is 0 Å². The minimum atomic E-state index is -0.409. The molecule has 2 aliphatic rings. The molecule has 2 aliphatic carbocycles. The van der Waals surface area contributed by atoms with Gasteiger partial charge in [-0.3, -0.25) is 9.59 Å². The number of anilines is 1. The van der Waals surface area contributed by atoms with Crippen molar-refractivity contribution < 1.29 is 9.59 Å². The van der Waals surface area contributed by atoms with E-state index in [0.717, 1.165) is 37.7 Å². The highest BCUT2D eigenvalue weighted by atomic mass is 32.1. The van der Waals surface area contributed by atoms with Gasteiger partial charge in [0.25, 0.3) is 5.91 Å². The van der Waals surface area contributed by atoms with Crippen molar-refractivity contribution in [2.45, 2.75) is 71.1 Å². The van der Waals surface area contributed by atoms with Gasteiger partial charge in [0.2, 0.25) is 5.91 Å². The molecule has 0 bridgehead atoms. The van der Waals surface area contributed by atoms with Gasteiger partial charge in [-0.2, -0.15) is 0 Å². The van der Waals surface area contributed by atoms with E-state index in [9.17, 15) is 9.59 Å². The third-order valence-electron chi connectivity index (χ3n) is 5.70. The molecule has 0 aliphatic heterocycles. The molecule has 5 heteroatoms. The van der Waals surface area contributed by atoms with Crippen LogP contribution < -0.4 is 11.1 Å². The minimum absolute atomic E-state index is 0.0232. The van der Waals surface area contributed by atoms with Crippen LogP contribution in [-0.2, 0) is 17.6 Å². The Balaban J connectivity index is 1.69. The van der Waals surface area contributed by atoms with Crippen LogP contribution in [0.15, 0.2) is 0 Å². The zero-order valence-electron chi connectivity index (χ0n) is 14.5. The highest BCUT2D eigenvalue weighted by molar-refractivity contribution is 7.17. The Bertz CT molecular complexity index is 617. The van der Waals surface area contributed by atoms with Gasteiger partial charge in [0, 0.05) is 11.3 Å². The number of carbonyl (C=O) groups is 2. The Morgan fingerprint density at radius 2 is 1.96 bits per heavy atom. The van der Waals surface area contributed by atoms with Crippen molar-refractivity contribution in [1.29, 1.82) is 0 Å². The number of hydrogen-bond acceptors (Lipinski definition) is 3. The van der Waals surface area contributed by atoms with Crippen LogP contribution in [0.2, 0.25) is 0 Å². The monoisotopic (exact) mass is 348 g/mol. The Hall–Kier alpha value is -1.36. The number of rotatable bonds is 6. The molecule has 24 heavy (non-hydrogen) atoms. The van der Waals surface area contributed by atoms with Crippen molar-refractivity contribution in [2.24, 2.45) is 17.6 Å². The molecule has 3 rings (SSSR count). The maximum absolute atomic E-state index is 12.3. The fourth-order valence-electron chi connectivity index (χ4n) is 4.17. The van der Waals surface area contributed by atoms with Gasteiger partial charge in [0.15, 0.2) is 0 Å². The number of thiophene rings is 1. The van der Waals surface area contributed by atoms with Crippen LogP contribution in [0.1, 0.15) is 79.1 Å². The van der Waals surface area contributed by atoms with Gasteiger partial charge in [0.05, 0.1) is 5.56 Å². The Labute approximate surface area is 148 Å². The van der Waals surface area contributed by atoms with Gasteiger partial charge in [-0.15, -0.1) is 11.3 Å². The first-order valence-corrected chi connectivity index (χ1v) is 10.1. The highest BCUT2D eigenvalue weighted by Crippen LogP contribution is 2.40. The molecular weight excluding hydrogens is 320 g/mol. The molecule has 0 spiro atoms. The SMILES string of the molecule is CCC1CCc2c(sc(NC(=O)CCC3CCCC3)c2C(N)=O)C1. The topological polar surface area (TPSA) is 72.2 Å². The molecule has 1 fully saturated rings. The predicted molar refractivity (Wildman–Crippen MR) is 98.5 cm³/mol. The Kier molecular flexibility index (Phi) is 5.59. The standard InChI is InChI=1S/C19H28N2O2S/c1-2-12-7-9-14-15(11-12)24-19(17(14)18(20)23)21-16(22)10-8-13-5-3-4-6-13/h12-13H,2-11H2,1H3,(H2,20,23)(H,21,22). The summed E-state index contributed by atoms with van der Waals surface area (Å²) in [4.78, 5) is 25.5. The summed E-state index contributed by atoms with van der Waals surface area (Å²) in [7, 11) is 0. The maximum Gasteiger partial charge on any atom is 0.251 e. The largest absolute Gasteiger partial charge is 0.365 e. The lowest BCUT2D eigenvalue weighted by atomic mass is 9.85. The zero-order valence-corrected chi connectivity index (χ0v) is 15.3. The van der Waals surface area contributed by atoms with Crippen LogP contribution in [0.4, 0.5) is 5.00 Å². The average Bonchev–Trinajstić information content (AvgIpc) is 3.19. The van der Waals surface area contributed by atoms with Gasteiger partial charge >= 0.3 is 0 Å². The van der Waals surface area contributed by atoms with E-state index >= 15 is 0 Å². The van der Waals surface area contributed by atoms with E-state index in [4.69, 9.17) is 5.73 Å². The van der Waals surface area contributed by atoms with Gasteiger partial charge in [-0.1, -0.05) is 39.0 Å². The van der Waals surface area contributed by atoms with Crippen LogP contribution in [-0.4, -0.2) is 11.8 Å². The van der Waals surface area contributed by atoms with Crippen molar-refractivity contribution >= 4 is 28.2 Å². The second-order valence-corrected chi connectivity index (χ2v) is 8.43. The molecule has 2 amide bonds. The van der Waals surface area contributed by atoms with Crippen molar-refractivity contribution in [3.8, 4) is 0 Å². The van der Waals surface area contributed by atoms with Crippen LogP contribution in [0.5, 0.6) is 0 Å². The number of nitrogens with two attached hydrogens (primary N) is 1. The van der Waals surface area contributed by atoms with Crippen molar-refractivity contribution in [3.05, 3.63) is 16.0 Å². The summed E-state index contributed by atoms with van der Waals surface area (Å²) in [6.07, 6.45) is 10.8. The summed E-state index contributed by atoms with van der Waals surface area (Å²) in [6, 6.07) is 0. The Morgan fingerprint density at radius 3 is 2.62 bits per heavy atom. The average molecular weight is 349 g/mol. The van der Waals surface area contributed by atoms with E-state index in [1.54, 1.807) is 11.3 Å². The number of hydrogen-bond donors (Lipinski definition) is 2. The van der Waals surface area contributed by atoms with E-state index in [2.05, 4.69) is 12.2 Å². The fraction of sp³-hybridized carbons (Fsp3) is 0.684. The molecule has 1 saturated carbocycles. The molecule has 3 N–H and O–H groups in total. The van der Waals surface area contributed by atoms with E-state index in [0.29, 0.717) is 28.8 Å². The first kappa shape index (κ1) is 17.5. The highest BCUT2D eigenvalue weighted by Gasteiger charge is 2.28. The van der Waals surface area contributed by atoms with Crippen molar-refractivity contribution in [2.75, 3.05) is 5.32 Å². The molecule has 132 valence electrons. The number of nitrogens with one attached hydrogen (secondary N) is 1. The molecule has 0 aromatic carbocycles. The summed E-state index contributed by atoms with van der Waals surface area (Å²) in [5.41, 5.74) is 7.27. The molecule has 0 saturated heterocycles. The lowest BCUT2D eigenvalue weighted by Gasteiger charge is -2.20. The lowest BCUT2D eigenvalue weighted by molar-refractivity contribution is -0.116. The van der Waals surface area contributed by atoms with Gasteiger partial charge in [0.1, 0.15) is 5.00 Å². The number of amides is 2. The normalized spacial score (nSPS) is 20.8. The van der Waals surface area contributed by atoms with E-state index < -0.39 is 5.91 Å². The molecule has 1 atom stereocenters. The van der Waals surface area contributed by atoms with Gasteiger partial charge in [-0.05, 0) is 43.1 Å². The lowest BCUT2D eigenvalue weighted by Crippen LogP contribution is -2.19. The number of carbonyl (C=O) groups excluding carboxylic acids is 2. The number of primary amides is 1. The molecule has 1 unspecified atom stereocenters. The predicted octanol–water partition coefficient (Wildman–Crippen LogP) is 4.27. The van der Waals surface area contributed by atoms with Crippen molar-refractivity contribution in [1.82, 2.24) is 0 Å². The third kappa shape index (κ3) is 3.82. The molecule has 1 aromatic rings. The third-order valence-corrected chi connectivity index (χ3v) is 6.87. The smallest absolute Gasteiger partial charge is 0.251 e. The van der Waals surface area contributed by atoms with Crippen LogP contribution in [0, 0.1) is 11.8 Å². The summed E-state index contributed by atoms with van der Waals surface area (Å²) >= 11 is 1.56. The molecule has 1 aromatic heterocycles. The molecular formula is C19H28N2O2S. The zero-order chi connectivity index (χ0) is 17.1. The molecule has 0 radical (unpaired) electrons. The second-order valence-electron chi connectivity index (χ2n) is 7.33. The van der Waals surface area contributed by atoms with Crippen LogP contribution in [0.3, 0.4) is 0 Å². The molecule has 4 nitrogen and oxygen atoms in total. The summed E-state index contributed by atoms with van der Waals surface area (Å²) < 4.78 is 0. The van der Waals surface area contributed by atoms with Gasteiger partial charge in [-0.25, -0.2) is 0 Å². The Morgan fingerprint density at radius 1 is 1.21 bits per heavy atom. The fourth-order valence-corrected chi connectivity index (χ4v) is 5.56. The maximum atomic E-state index is 12.3. The van der Waals surface area contributed by atoms with E-state index in [-0.39, 0.29) is 5.91 Å².